The van der Waals surface area contributed by atoms with Crippen LogP contribution in [0.25, 0.3) is 0 Å². The van der Waals surface area contributed by atoms with Gasteiger partial charge in [-0.25, -0.2) is 0 Å². The van der Waals surface area contributed by atoms with Gasteiger partial charge in [-0.1, -0.05) is 0 Å². The molecule has 0 aromatic rings. The molecule has 3 N–H and O–H groups in total. The fourth-order valence-corrected chi connectivity index (χ4v) is 2.32. The molecule has 0 unspecified atom stereocenters. The maximum Gasteiger partial charge on any atom is 0.0594 e. The lowest BCUT2D eigenvalue weighted by molar-refractivity contribution is 0.0393. The lowest BCUT2D eigenvalue weighted by atomic mass is 9.78. The molecule has 1 aliphatic rings. The SMILES string of the molecule is CC(C)(O)CC1CCC(CO)CC1.CO. The van der Waals surface area contributed by atoms with Crippen molar-refractivity contribution >= 4 is 0 Å². The lowest BCUT2D eigenvalue weighted by Gasteiger charge is -2.31. The maximum absolute atomic E-state index is 9.64. The highest BCUT2D eigenvalue weighted by atomic mass is 16.3. The zero-order chi connectivity index (χ0) is 11.9. The van der Waals surface area contributed by atoms with Gasteiger partial charge in [-0.05, 0) is 57.8 Å². The Morgan fingerprint density at radius 2 is 1.40 bits per heavy atom. The minimum atomic E-state index is -0.517. The second-order valence-electron chi connectivity index (χ2n) is 5.09. The van der Waals surface area contributed by atoms with E-state index in [9.17, 15) is 5.11 Å². The molecular weight excluding hydrogens is 192 g/mol. The molecule has 3 heteroatoms. The van der Waals surface area contributed by atoms with Crippen molar-refractivity contribution in [2.75, 3.05) is 13.7 Å². The predicted octanol–water partition coefficient (Wildman–Crippen LogP) is 1.55. The lowest BCUT2D eigenvalue weighted by Crippen LogP contribution is -2.26. The molecule has 0 spiro atoms. The summed E-state index contributed by atoms with van der Waals surface area (Å²) in [6.45, 7) is 4.10. The van der Waals surface area contributed by atoms with Crippen molar-refractivity contribution in [1.29, 1.82) is 0 Å². The van der Waals surface area contributed by atoms with Crippen LogP contribution in [0.2, 0.25) is 0 Å². The van der Waals surface area contributed by atoms with Crippen LogP contribution in [0.5, 0.6) is 0 Å². The highest BCUT2D eigenvalue weighted by Gasteiger charge is 2.25. The Balaban J connectivity index is 0.000000921. The van der Waals surface area contributed by atoms with Gasteiger partial charge in [0.05, 0.1) is 5.60 Å². The summed E-state index contributed by atoms with van der Waals surface area (Å²) in [7, 11) is 1.00. The molecule has 0 heterocycles. The predicted molar refractivity (Wildman–Crippen MR) is 61.6 cm³/mol. The van der Waals surface area contributed by atoms with Crippen LogP contribution in [0.1, 0.15) is 46.0 Å². The van der Waals surface area contributed by atoms with Gasteiger partial charge < -0.3 is 15.3 Å². The van der Waals surface area contributed by atoms with Gasteiger partial charge in [0.25, 0.3) is 0 Å². The molecule has 92 valence electrons. The van der Waals surface area contributed by atoms with Gasteiger partial charge in [-0.3, -0.25) is 0 Å². The van der Waals surface area contributed by atoms with Crippen LogP contribution in [0.3, 0.4) is 0 Å². The third kappa shape index (κ3) is 6.88. The van der Waals surface area contributed by atoms with E-state index in [4.69, 9.17) is 10.2 Å². The summed E-state index contributed by atoms with van der Waals surface area (Å²) >= 11 is 0. The molecular formula is C12H26O3. The van der Waals surface area contributed by atoms with Gasteiger partial charge >= 0.3 is 0 Å². The quantitative estimate of drug-likeness (QED) is 0.673. The Morgan fingerprint density at radius 1 is 1.00 bits per heavy atom. The Kier molecular flexibility index (Phi) is 7.14. The van der Waals surface area contributed by atoms with E-state index in [2.05, 4.69) is 0 Å². The summed E-state index contributed by atoms with van der Waals surface area (Å²) in [5.74, 6) is 1.20. The summed E-state index contributed by atoms with van der Waals surface area (Å²) in [5, 5.41) is 25.6. The summed E-state index contributed by atoms with van der Waals surface area (Å²) in [4.78, 5) is 0. The van der Waals surface area contributed by atoms with Crippen LogP contribution < -0.4 is 0 Å². The highest BCUT2D eigenvalue weighted by Crippen LogP contribution is 2.33. The molecule has 15 heavy (non-hydrogen) atoms. The first kappa shape index (κ1) is 14.9. The van der Waals surface area contributed by atoms with E-state index in [-0.39, 0.29) is 0 Å². The normalized spacial score (nSPS) is 26.8. The van der Waals surface area contributed by atoms with Gasteiger partial charge in [0.2, 0.25) is 0 Å². The minimum Gasteiger partial charge on any atom is -0.400 e. The topological polar surface area (TPSA) is 60.7 Å². The van der Waals surface area contributed by atoms with Crippen molar-refractivity contribution in [3.8, 4) is 0 Å². The van der Waals surface area contributed by atoms with E-state index in [0.717, 1.165) is 26.4 Å². The average molecular weight is 218 g/mol. The Labute approximate surface area is 93.1 Å². The van der Waals surface area contributed by atoms with E-state index in [1.54, 1.807) is 0 Å². The summed E-state index contributed by atoms with van der Waals surface area (Å²) in [6.07, 6.45) is 5.53. The molecule has 1 saturated carbocycles. The first-order valence-corrected chi connectivity index (χ1v) is 5.79. The number of aliphatic hydroxyl groups excluding tert-OH is 2. The van der Waals surface area contributed by atoms with Crippen molar-refractivity contribution in [1.82, 2.24) is 0 Å². The van der Waals surface area contributed by atoms with E-state index in [1.807, 2.05) is 13.8 Å². The molecule has 0 aliphatic heterocycles. The zero-order valence-corrected chi connectivity index (χ0v) is 10.2. The van der Waals surface area contributed by atoms with Crippen LogP contribution >= 0.6 is 0 Å². The van der Waals surface area contributed by atoms with E-state index in [1.165, 1.54) is 12.8 Å². The molecule has 0 aromatic heterocycles. The molecule has 3 nitrogen and oxygen atoms in total. The molecule has 0 saturated heterocycles. The molecule has 1 rings (SSSR count). The fraction of sp³-hybridized carbons (Fsp3) is 1.00. The van der Waals surface area contributed by atoms with Crippen LogP contribution in [-0.2, 0) is 0 Å². The maximum atomic E-state index is 9.64. The minimum absolute atomic E-state index is 0.342. The van der Waals surface area contributed by atoms with E-state index >= 15 is 0 Å². The third-order valence-electron chi connectivity index (χ3n) is 3.01. The first-order chi connectivity index (χ1) is 7.01. The van der Waals surface area contributed by atoms with Gasteiger partial charge in [0, 0.05) is 13.7 Å². The first-order valence-electron chi connectivity index (χ1n) is 5.79. The smallest absolute Gasteiger partial charge is 0.0594 e. The third-order valence-corrected chi connectivity index (χ3v) is 3.01. The summed E-state index contributed by atoms with van der Waals surface area (Å²) in [5.41, 5.74) is -0.517. The van der Waals surface area contributed by atoms with Gasteiger partial charge in [0.1, 0.15) is 0 Å². The fourth-order valence-electron chi connectivity index (χ4n) is 2.32. The largest absolute Gasteiger partial charge is 0.400 e. The van der Waals surface area contributed by atoms with Gasteiger partial charge in [-0.15, -0.1) is 0 Å². The van der Waals surface area contributed by atoms with E-state index < -0.39 is 5.60 Å². The van der Waals surface area contributed by atoms with Crippen LogP contribution in [0.4, 0.5) is 0 Å². The Bertz CT molecular complexity index is 143. The zero-order valence-electron chi connectivity index (χ0n) is 10.2. The number of aliphatic hydroxyl groups is 3. The molecule has 1 aliphatic carbocycles. The summed E-state index contributed by atoms with van der Waals surface area (Å²) in [6, 6.07) is 0. The van der Waals surface area contributed by atoms with E-state index in [0.29, 0.717) is 18.4 Å². The molecule has 0 aromatic carbocycles. The van der Waals surface area contributed by atoms with Crippen molar-refractivity contribution in [3.63, 3.8) is 0 Å². The van der Waals surface area contributed by atoms with Crippen molar-refractivity contribution in [3.05, 3.63) is 0 Å². The van der Waals surface area contributed by atoms with Crippen LogP contribution in [0, 0.1) is 11.8 Å². The monoisotopic (exact) mass is 218 g/mol. The van der Waals surface area contributed by atoms with Gasteiger partial charge in [0.15, 0.2) is 0 Å². The van der Waals surface area contributed by atoms with Crippen molar-refractivity contribution in [2.45, 2.75) is 51.6 Å². The van der Waals surface area contributed by atoms with Crippen LogP contribution in [0.15, 0.2) is 0 Å². The standard InChI is InChI=1S/C11H22O2.CH4O/c1-11(2,13)7-9-3-5-10(8-12)6-4-9;1-2/h9-10,12-13H,3-8H2,1-2H3;2H,1H3. The molecule has 1 fully saturated rings. The second-order valence-corrected chi connectivity index (χ2v) is 5.09. The Morgan fingerprint density at radius 3 is 1.73 bits per heavy atom. The molecule has 0 radical (unpaired) electrons. The number of hydrogen-bond donors (Lipinski definition) is 3. The Hall–Kier alpha value is -0.120. The molecule has 0 atom stereocenters. The second kappa shape index (κ2) is 7.20. The molecule has 0 amide bonds. The average Bonchev–Trinajstić information content (AvgIpc) is 2.20. The number of hydrogen-bond acceptors (Lipinski definition) is 3. The highest BCUT2D eigenvalue weighted by molar-refractivity contribution is 4.77. The van der Waals surface area contributed by atoms with Crippen LogP contribution in [-0.4, -0.2) is 34.6 Å². The van der Waals surface area contributed by atoms with Crippen molar-refractivity contribution < 1.29 is 15.3 Å². The molecule has 0 bridgehead atoms. The van der Waals surface area contributed by atoms with Gasteiger partial charge in [-0.2, -0.15) is 0 Å². The number of rotatable bonds is 3. The summed E-state index contributed by atoms with van der Waals surface area (Å²) < 4.78 is 0. The van der Waals surface area contributed by atoms with Crippen molar-refractivity contribution in [2.24, 2.45) is 11.8 Å².